The summed E-state index contributed by atoms with van der Waals surface area (Å²) in [5, 5.41) is 13.6. The number of nitrogens with zero attached hydrogens (tertiary/aromatic N) is 1. The van der Waals surface area contributed by atoms with Crippen molar-refractivity contribution < 1.29 is 48.8 Å². The zero-order valence-electron chi connectivity index (χ0n) is 6.73. The molecule has 0 aromatic carbocycles. The van der Waals surface area contributed by atoms with Crippen molar-refractivity contribution in [1.82, 2.24) is 0 Å². The molecule has 0 aliphatic rings. The normalized spacial score (nSPS) is 9.47. The summed E-state index contributed by atoms with van der Waals surface area (Å²) >= 11 is 0. The third kappa shape index (κ3) is 5110. The summed E-state index contributed by atoms with van der Waals surface area (Å²) in [5.41, 5.74) is 0. The van der Waals surface area contributed by atoms with Gasteiger partial charge in [-0.05, 0) is 0 Å². The van der Waals surface area contributed by atoms with Crippen molar-refractivity contribution in [2.45, 2.75) is 0 Å². The summed E-state index contributed by atoms with van der Waals surface area (Å²) in [4.78, 5) is 54.2. The molecule has 12 nitrogen and oxygen atoms in total. The van der Waals surface area contributed by atoms with Gasteiger partial charge in [-0.1, -0.05) is 0 Å². The summed E-state index contributed by atoms with van der Waals surface area (Å²) in [6.07, 6.45) is 0. The fourth-order valence-corrected chi connectivity index (χ4v) is 0. The van der Waals surface area contributed by atoms with Gasteiger partial charge >= 0.3 is 45.6 Å². The topological polar surface area (TPSA) is 225 Å². The Kier molecular flexibility index (Phi) is 18.5. The van der Waals surface area contributed by atoms with Crippen LogP contribution in [0.2, 0.25) is 0 Å². The van der Waals surface area contributed by atoms with Gasteiger partial charge in [0.15, 0.2) is 0 Å². The van der Waals surface area contributed by atoms with Crippen molar-refractivity contribution in [3.05, 3.63) is 10.1 Å². The second-order valence-corrected chi connectivity index (χ2v) is 3.18. The minimum absolute atomic E-state index is 0. The van der Waals surface area contributed by atoms with E-state index >= 15 is 0 Å². The van der Waals surface area contributed by atoms with Gasteiger partial charge in [-0.3, -0.25) is 0 Å². The molecule has 0 aromatic heterocycles. The van der Waals surface area contributed by atoms with E-state index in [4.69, 9.17) is 53.8 Å². The Balaban J connectivity index is -0.0000000590. The molecule has 0 saturated carbocycles. The van der Waals surface area contributed by atoms with Crippen LogP contribution >= 0.6 is 15.6 Å². The van der Waals surface area contributed by atoms with E-state index < -0.39 is 20.7 Å². The summed E-state index contributed by atoms with van der Waals surface area (Å²) < 4.78 is 17.5. The van der Waals surface area contributed by atoms with E-state index in [1.165, 1.54) is 0 Å². The molecule has 0 radical (unpaired) electrons. The second-order valence-electron chi connectivity index (χ2n) is 1.22. The minimum Gasteiger partial charge on any atom is -0.790 e. The predicted octanol–water partition coefficient (Wildman–Crippen LogP) is -3.85. The zero-order valence-corrected chi connectivity index (χ0v) is 10.7. The Labute approximate surface area is 112 Å². The van der Waals surface area contributed by atoms with Crippen LogP contribution in [0.1, 0.15) is 0 Å². The first kappa shape index (κ1) is 24.8. The van der Waals surface area contributed by atoms with Gasteiger partial charge in [-0.25, -0.2) is 4.57 Å². The van der Waals surface area contributed by atoms with Crippen molar-refractivity contribution in [1.29, 1.82) is 0 Å². The van der Waals surface area contributed by atoms with Crippen molar-refractivity contribution in [2.24, 2.45) is 0 Å². The summed E-state index contributed by atoms with van der Waals surface area (Å²) in [6.45, 7) is 0. The van der Waals surface area contributed by atoms with Crippen LogP contribution in [0, 0.1) is 10.1 Å². The minimum atomic E-state index is -5.14. The zero-order chi connectivity index (χ0) is 12.6. The molecule has 0 amide bonds. The molecule has 0 aliphatic heterocycles. The second kappa shape index (κ2) is 11.2. The van der Waals surface area contributed by atoms with Crippen LogP contribution in [0.4, 0.5) is 0 Å². The molecule has 88 valence electrons. The fraction of sp³-hybridized carbons (Fsp3) is 0. The number of rotatable bonds is 0. The van der Waals surface area contributed by atoms with Gasteiger partial charge in [0.05, 0.1) is 7.82 Å². The van der Waals surface area contributed by atoms with Gasteiger partial charge in [0.2, 0.25) is 0 Å². The molecule has 0 spiro atoms. The molecule has 0 aromatic rings. The number of phosphoric acid groups is 2. The van der Waals surface area contributed by atoms with Crippen LogP contribution in [-0.4, -0.2) is 67.6 Å². The largest absolute Gasteiger partial charge is 2.00 e. The first-order valence-corrected chi connectivity index (χ1v) is 5.16. The van der Waals surface area contributed by atoms with Gasteiger partial charge in [-0.2, -0.15) is 0 Å². The molecule has 15 heavy (non-hydrogen) atoms. The van der Waals surface area contributed by atoms with Crippen molar-refractivity contribution in [3.63, 3.8) is 0 Å². The van der Waals surface area contributed by atoms with Gasteiger partial charge in [-0.15, -0.1) is 10.1 Å². The SMILES string of the molecule is O=P(O)(O)O.O=P([O-])([O-])O.O=[N+]([O-])O.[Ca+2]. The summed E-state index contributed by atoms with van der Waals surface area (Å²) in [6, 6.07) is 0. The Morgan fingerprint density at radius 3 is 1.00 bits per heavy atom. The standard InChI is InChI=1S/Ca.HNO3.2H3O4P/c;2-1(3)4;2*1-5(2,3)4/h;(H,2,3,4);2*(H3,1,2,3,4)/q+2;;;/p-2. The van der Waals surface area contributed by atoms with Crippen LogP contribution < -0.4 is 9.79 Å². The quantitative estimate of drug-likeness (QED) is 0.126. The van der Waals surface area contributed by atoms with Crippen molar-refractivity contribution in [3.8, 4) is 0 Å². The Bertz CT molecular complexity index is 194. The van der Waals surface area contributed by atoms with E-state index in [-0.39, 0.29) is 37.7 Å². The van der Waals surface area contributed by atoms with Gasteiger partial charge in [0.1, 0.15) is 0 Å². The van der Waals surface area contributed by atoms with Gasteiger partial charge in [0.25, 0.3) is 5.09 Å². The van der Waals surface area contributed by atoms with Crippen LogP contribution in [0.5, 0.6) is 0 Å². The van der Waals surface area contributed by atoms with Crippen molar-refractivity contribution >= 4 is 53.4 Å². The van der Waals surface area contributed by atoms with Crippen LogP contribution in [0.25, 0.3) is 0 Å². The molecule has 5 N–H and O–H groups in total. The molecular weight excluding hydrogens is 292 g/mol. The summed E-state index contributed by atoms with van der Waals surface area (Å²) in [5.74, 6) is 0. The van der Waals surface area contributed by atoms with Gasteiger partial charge < -0.3 is 39.1 Å². The smallest absolute Gasteiger partial charge is 0.790 e. The molecular formula is H5CaNO11P2. The molecule has 0 heterocycles. The number of hydrogen-bond donors (Lipinski definition) is 5. The summed E-state index contributed by atoms with van der Waals surface area (Å²) in [7, 11) is -9.78. The Morgan fingerprint density at radius 2 is 1.00 bits per heavy atom. The Morgan fingerprint density at radius 1 is 1.00 bits per heavy atom. The molecule has 0 bridgehead atoms. The van der Waals surface area contributed by atoms with Crippen LogP contribution in [0.15, 0.2) is 0 Å². The first-order valence-electron chi connectivity index (χ1n) is 2.10. The maximum atomic E-state index is 8.88. The third-order valence-corrected chi connectivity index (χ3v) is 0. The third-order valence-electron chi connectivity index (χ3n) is 0. The number of hydrogen-bond acceptors (Lipinski definition) is 6. The molecule has 0 saturated heterocycles. The van der Waals surface area contributed by atoms with E-state index in [1.54, 1.807) is 0 Å². The van der Waals surface area contributed by atoms with E-state index in [2.05, 4.69) is 0 Å². The molecule has 15 heteroatoms. The monoisotopic (exact) mass is 297 g/mol. The fourth-order valence-electron chi connectivity index (χ4n) is 0. The van der Waals surface area contributed by atoms with E-state index in [0.717, 1.165) is 0 Å². The average Bonchev–Trinajstić information content (AvgIpc) is 1.45. The molecule has 0 unspecified atom stereocenters. The first-order chi connectivity index (χ1) is 5.73. The van der Waals surface area contributed by atoms with Crippen molar-refractivity contribution in [2.75, 3.05) is 0 Å². The molecule has 0 aliphatic carbocycles. The maximum absolute atomic E-state index is 8.88. The maximum Gasteiger partial charge on any atom is 2.00 e. The average molecular weight is 297 g/mol. The van der Waals surface area contributed by atoms with E-state index in [9.17, 15) is 0 Å². The van der Waals surface area contributed by atoms with Crippen LogP contribution in [-0.2, 0) is 9.13 Å². The van der Waals surface area contributed by atoms with E-state index in [0.29, 0.717) is 0 Å². The molecule has 0 rings (SSSR count). The predicted molar refractivity (Wildman–Crippen MR) is 38.6 cm³/mol. The Hall–Kier alpha value is 0.680. The van der Waals surface area contributed by atoms with Gasteiger partial charge in [0, 0.05) is 0 Å². The molecule has 0 atom stereocenters. The van der Waals surface area contributed by atoms with E-state index in [1.807, 2.05) is 0 Å². The molecule has 0 fully saturated rings. The van der Waals surface area contributed by atoms with Crippen LogP contribution in [0.3, 0.4) is 0 Å².